The van der Waals surface area contributed by atoms with E-state index in [2.05, 4.69) is 6.58 Å². The predicted molar refractivity (Wildman–Crippen MR) is 60.8 cm³/mol. The quantitative estimate of drug-likeness (QED) is 0.769. The molecule has 0 aliphatic rings. The normalized spacial score (nSPS) is 10.1. The van der Waals surface area contributed by atoms with E-state index < -0.39 is 11.4 Å². The molecule has 6 heteroatoms. The molecular formula is C9H5Cl3N2O. The zero-order chi connectivity index (χ0) is 11.6. The first-order chi connectivity index (χ1) is 7.00. The van der Waals surface area contributed by atoms with Gasteiger partial charge in [-0.3, -0.25) is 0 Å². The summed E-state index contributed by atoms with van der Waals surface area (Å²) in [4.78, 5) is 0. The second-order valence-corrected chi connectivity index (χ2v) is 3.70. The van der Waals surface area contributed by atoms with E-state index in [0.717, 1.165) is 0 Å². The molecule has 0 saturated carbocycles. The average Bonchev–Trinajstić information content (AvgIpc) is 2.24. The minimum atomic E-state index is -0.473. The average molecular weight is 264 g/mol. The SMILES string of the molecule is C=CCOc1c(Cl)c([N])c(Cl)c([N])c1Cl. The van der Waals surface area contributed by atoms with Crippen molar-refractivity contribution in [2.24, 2.45) is 0 Å². The van der Waals surface area contributed by atoms with E-state index in [0.29, 0.717) is 0 Å². The molecule has 0 N–H and O–H groups in total. The zero-order valence-corrected chi connectivity index (χ0v) is 9.70. The Hall–Kier alpha value is -0.770. The van der Waals surface area contributed by atoms with Gasteiger partial charge in [0.1, 0.15) is 28.0 Å². The number of ether oxygens (including phenoxy) is 1. The molecule has 1 aromatic carbocycles. The monoisotopic (exact) mass is 262 g/mol. The Labute approximate surface area is 103 Å². The molecule has 0 atom stereocenters. The highest BCUT2D eigenvalue weighted by Gasteiger charge is 2.21. The maximum Gasteiger partial charge on any atom is 0.161 e. The summed E-state index contributed by atoms with van der Waals surface area (Å²) in [6.45, 7) is 3.57. The van der Waals surface area contributed by atoms with Gasteiger partial charge in [0, 0.05) is 0 Å². The summed E-state index contributed by atoms with van der Waals surface area (Å²) in [6, 6.07) is 0. The van der Waals surface area contributed by atoms with Crippen LogP contribution in [0.3, 0.4) is 0 Å². The molecule has 0 spiro atoms. The second-order valence-electron chi connectivity index (χ2n) is 2.57. The largest absolute Gasteiger partial charge is 0.486 e. The molecule has 0 aliphatic heterocycles. The molecule has 0 amide bonds. The van der Waals surface area contributed by atoms with Crippen LogP contribution in [0, 0.1) is 0 Å². The minimum absolute atomic E-state index is 0.0300. The van der Waals surface area contributed by atoms with E-state index in [1.54, 1.807) is 0 Å². The van der Waals surface area contributed by atoms with Gasteiger partial charge in [0.2, 0.25) is 0 Å². The summed E-state index contributed by atoms with van der Waals surface area (Å²) in [5, 5.41) is -0.606. The first-order valence-corrected chi connectivity index (χ1v) is 4.96. The van der Waals surface area contributed by atoms with Crippen molar-refractivity contribution in [3.8, 4) is 5.75 Å². The lowest BCUT2D eigenvalue weighted by Crippen LogP contribution is -1.96. The predicted octanol–water partition coefficient (Wildman–Crippen LogP) is 3.61. The van der Waals surface area contributed by atoms with Crippen LogP contribution in [0.5, 0.6) is 5.75 Å². The van der Waals surface area contributed by atoms with Crippen molar-refractivity contribution in [1.29, 1.82) is 0 Å². The molecule has 78 valence electrons. The van der Waals surface area contributed by atoms with Gasteiger partial charge in [0.25, 0.3) is 0 Å². The van der Waals surface area contributed by atoms with Crippen molar-refractivity contribution in [3.05, 3.63) is 27.7 Å². The third-order valence-electron chi connectivity index (χ3n) is 1.58. The highest BCUT2D eigenvalue weighted by molar-refractivity contribution is 6.45. The number of benzene rings is 1. The topological polar surface area (TPSA) is 53.8 Å². The van der Waals surface area contributed by atoms with Crippen LogP contribution in [-0.4, -0.2) is 6.61 Å². The first-order valence-electron chi connectivity index (χ1n) is 3.82. The van der Waals surface area contributed by atoms with Crippen LogP contribution >= 0.6 is 34.8 Å². The number of rotatable bonds is 3. The van der Waals surface area contributed by atoms with Crippen LogP contribution in [0.15, 0.2) is 12.7 Å². The molecule has 0 aromatic heterocycles. The summed E-state index contributed by atoms with van der Waals surface area (Å²) < 4.78 is 5.07. The van der Waals surface area contributed by atoms with E-state index in [-0.39, 0.29) is 27.4 Å². The lowest BCUT2D eigenvalue weighted by Gasteiger charge is -2.11. The molecule has 0 bridgehead atoms. The molecule has 0 saturated heterocycles. The lowest BCUT2D eigenvalue weighted by molar-refractivity contribution is 0.364. The van der Waals surface area contributed by atoms with Gasteiger partial charge in [0.05, 0.1) is 5.02 Å². The Morgan fingerprint density at radius 1 is 1.07 bits per heavy atom. The summed E-state index contributed by atoms with van der Waals surface area (Å²) in [5.74, 6) is -0.0300. The maximum absolute atomic E-state index is 9.40. The van der Waals surface area contributed by atoms with Gasteiger partial charge in [-0.1, -0.05) is 47.5 Å². The second kappa shape index (κ2) is 4.84. The Balaban J connectivity index is 3.31. The van der Waals surface area contributed by atoms with E-state index in [1.807, 2.05) is 0 Å². The number of nitrogens with zero attached hydrogens (tertiary/aromatic N) is 2. The molecule has 0 aliphatic carbocycles. The van der Waals surface area contributed by atoms with Gasteiger partial charge >= 0.3 is 0 Å². The summed E-state index contributed by atoms with van der Waals surface area (Å²) >= 11 is 17.0. The van der Waals surface area contributed by atoms with Crippen molar-refractivity contribution in [2.45, 2.75) is 0 Å². The van der Waals surface area contributed by atoms with Crippen molar-refractivity contribution >= 4 is 46.2 Å². The Kier molecular flexibility index (Phi) is 3.97. The number of halogens is 3. The third-order valence-corrected chi connectivity index (χ3v) is 2.64. The fourth-order valence-corrected chi connectivity index (χ4v) is 1.71. The van der Waals surface area contributed by atoms with Crippen LogP contribution in [0.4, 0.5) is 11.4 Å². The fraction of sp³-hybridized carbons (Fsp3) is 0.111. The molecule has 0 unspecified atom stereocenters. The highest BCUT2D eigenvalue weighted by Crippen LogP contribution is 2.47. The molecule has 0 fully saturated rings. The molecular weight excluding hydrogens is 258 g/mol. The number of hydrogen-bond acceptors (Lipinski definition) is 1. The Morgan fingerprint density at radius 3 is 1.93 bits per heavy atom. The van der Waals surface area contributed by atoms with Crippen LogP contribution in [0.2, 0.25) is 15.1 Å². The van der Waals surface area contributed by atoms with Gasteiger partial charge in [-0.2, -0.15) is 0 Å². The molecule has 1 aromatic rings. The number of hydrogen-bond donors (Lipinski definition) is 0. The molecule has 1 rings (SSSR count). The Morgan fingerprint density at radius 2 is 1.53 bits per heavy atom. The van der Waals surface area contributed by atoms with Crippen molar-refractivity contribution in [1.82, 2.24) is 11.5 Å². The third kappa shape index (κ3) is 2.25. The van der Waals surface area contributed by atoms with E-state index in [9.17, 15) is 11.5 Å². The molecule has 15 heavy (non-hydrogen) atoms. The van der Waals surface area contributed by atoms with Gasteiger partial charge in [0.15, 0.2) is 5.75 Å². The van der Waals surface area contributed by atoms with Crippen molar-refractivity contribution in [3.63, 3.8) is 0 Å². The first kappa shape index (κ1) is 12.3. The van der Waals surface area contributed by atoms with Gasteiger partial charge < -0.3 is 4.74 Å². The molecule has 3 nitrogen and oxygen atoms in total. The summed E-state index contributed by atoms with van der Waals surface area (Å²) in [5.41, 5.74) is 17.9. The van der Waals surface area contributed by atoms with Crippen LogP contribution in [0.25, 0.3) is 0 Å². The van der Waals surface area contributed by atoms with E-state index in [4.69, 9.17) is 39.5 Å². The zero-order valence-electron chi connectivity index (χ0n) is 7.43. The minimum Gasteiger partial charge on any atom is -0.486 e. The smallest absolute Gasteiger partial charge is 0.161 e. The van der Waals surface area contributed by atoms with Crippen LogP contribution in [0.1, 0.15) is 0 Å². The molecule has 4 radical (unpaired) electrons. The van der Waals surface area contributed by atoms with E-state index >= 15 is 0 Å². The Bertz CT molecular complexity index is 378. The van der Waals surface area contributed by atoms with Gasteiger partial charge in [-0.15, -0.1) is 11.5 Å². The highest BCUT2D eigenvalue weighted by atomic mass is 35.5. The molecule has 0 heterocycles. The van der Waals surface area contributed by atoms with Crippen molar-refractivity contribution < 1.29 is 4.74 Å². The van der Waals surface area contributed by atoms with Gasteiger partial charge in [-0.25, -0.2) is 0 Å². The van der Waals surface area contributed by atoms with Crippen molar-refractivity contribution in [2.75, 3.05) is 6.61 Å². The summed E-state index contributed by atoms with van der Waals surface area (Å²) in [6.07, 6.45) is 1.47. The lowest BCUT2D eigenvalue weighted by atomic mass is 10.2. The fourth-order valence-electron chi connectivity index (χ4n) is 0.885. The van der Waals surface area contributed by atoms with Crippen LogP contribution < -0.4 is 16.2 Å². The standard InChI is InChI=1S/C9H5Cl3N2O/c1-2-3-15-9-5(11)7(13)4(10)8(14)6(9)12/h2H,1,3H2. The van der Waals surface area contributed by atoms with Gasteiger partial charge in [-0.05, 0) is 0 Å². The van der Waals surface area contributed by atoms with Crippen LogP contribution in [-0.2, 0) is 0 Å². The maximum atomic E-state index is 9.40. The summed E-state index contributed by atoms with van der Waals surface area (Å²) in [7, 11) is 0. The van der Waals surface area contributed by atoms with E-state index in [1.165, 1.54) is 6.08 Å².